The van der Waals surface area contributed by atoms with Gasteiger partial charge in [0.25, 0.3) is 0 Å². The fraction of sp³-hybridized carbons (Fsp3) is 0. The van der Waals surface area contributed by atoms with Crippen molar-refractivity contribution >= 4 is 96.5 Å². The molecular formula is C46H26OS. The van der Waals surface area contributed by atoms with Crippen molar-refractivity contribution in [1.82, 2.24) is 0 Å². The highest BCUT2D eigenvalue weighted by molar-refractivity contribution is 7.26. The first-order valence-electron chi connectivity index (χ1n) is 16.4. The molecule has 0 saturated heterocycles. The summed E-state index contributed by atoms with van der Waals surface area (Å²) in [6, 6.07) is 57.6. The van der Waals surface area contributed by atoms with E-state index in [2.05, 4.69) is 158 Å². The van der Waals surface area contributed by atoms with Gasteiger partial charge in [-0.3, -0.25) is 0 Å². The van der Waals surface area contributed by atoms with Gasteiger partial charge in [-0.25, -0.2) is 0 Å². The predicted molar refractivity (Wildman–Crippen MR) is 208 cm³/mol. The number of benzene rings is 9. The molecule has 2 heterocycles. The minimum Gasteiger partial charge on any atom is -0.455 e. The van der Waals surface area contributed by atoms with Crippen molar-refractivity contribution in [2.45, 2.75) is 0 Å². The van der Waals surface area contributed by atoms with Crippen molar-refractivity contribution in [1.29, 1.82) is 0 Å². The highest BCUT2D eigenvalue weighted by atomic mass is 32.1. The van der Waals surface area contributed by atoms with Crippen molar-refractivity contribution in [3.63, 3.8) is 0 Å². The van der Waals surface area contributed by atoms with Crippen LogP contribution in [0.2, 0.25) is 0 Å². The number of fused-ring (bicyclic) bond motifs is 12. The van der Waals surface area contributed by atoms with E-state index in [-0.39, 0.29) is 0 Å². The molecule has 0 N–H and O–H groups in total. The van der Waals surface area contributed by atoms with Crippen molar-refractivity contribution in [3.05, 3.63) is 158 Å². The summed E-state index contributed by atoms with van der Waals surface area (Å²) in [4.78, 5) is 0. The topological polar surface area (TPSA) is 13.1 Å². The van der Waals surface area contributed by atoms with Crippen molar-refractivity contribution in [2.75, 3.05) is 0 Å². The second-order valence-electron chi connectivity index (χ2n) is 12.8. The number of furan rings is 1. The van der Waals surface area contributed by atoms with Gasteiger partial charge in [-0.2, -0.15) is 0 Å². The van der Waals surface area contributed by atoms with E-state index in [0.717, 1.165) is 22.1 Å². The van der Waals surface area contributed by atoms with Crippen LogP contribution in [0, 0.1) is 0 Å². The van der Waals surface area contributed by atoms with Crippen molar-refractivity contribution in [2.24, 2.45) is 0 Å². The van der Waals surface area contributed by atoms with Gasteiger partial charge >= 0.3 is 0 Å². The van der Waals surface area contributed by atoms with Crippen molar-refractivity contribution < 1.29 is 4.42 Å². The Morgan fingerprint density at radius 2 is 0.938 bits per heavy atom. The summed E-state index contributed by atoms with van der Waals surface area (Å²) in [6.45, 7) is 0. The first kappa shape index (κ1) is 26.1. The fourth-order valence-electron chi connectivity index (χ4n) is 8.14. The Morgan fingerprint density at radius 3 is 1.69 bits per heavy atom. The molecule has 0 radical (unpaired) electrons. The number of rotatable bonds is 2. The molecule has 2 heteroatoms. The number of hydrogen-bond acceptors (Lipinski definition) is 2. The van der Waals surface area contributed by atoms with Gasteiger partial charge in [0.1, 0.15) is 11.2 Å². The minimum atomic E-state index is 0.950. The third kappa shape index (κ3) is 3.55. The van der Waals surface area contributed by atoms with E-state index in [4.69, 9.17) is 4.42 Å². The summed E-state index contributed by atoms with van der Waals surface area (Å²) in [7, 11) is 0. The highest BCUT2D eigenvalue weighted by Gasteiger charge is 2.24. The maximum absolute atomic E-state index is 7.14. The van der Waals surface area contributed by atoms with Crippen LogP contribution in [-0.4, -0.2) is 0 Å². The number of thiophene rings is 1. The molecule has 0 saturated carbocycles. The summed E-state index contributed by atoms with van der Waals surface area (Å²) in [6.07, 6.45) is 0. The fourth-order valence-corrected chi connectivity index (χ4v) is 9.30. The lowest BCUT2D eigenvalue weighted by atomic mass is 9.85. The largest absolute Gasteiger partial charge is 0.455 e. The molecule has 48 heavy (non-hydrogen) atoms. The monoisotopic (exact) mass is 626 g/mol. The third-order valence-corrected chi connectivity index (χ3v) is 11.3. The van der Waals surface area contributed by atoms with E-state index in [1.165, 1.54) is 85.3 Å². The van der Waals surface area contributed by atoms with Crippen LogP contribution in [0.15, 0.2) is 162 Å². The minimum absolute atomic E-state index is 0.950. The van der Waals surface area contributed by atoms with Crippen molar-refractivity contribution in [3.8, 4) is 22.3 Å². The van der Waals surface area contributed by atoms with Gasteiger partial charge in [0.05, 0.1) is 0 Å². The summed E-state index contributed by atoms with van der Waals surface area (Å²) in [5.41, 5.74) is 6.76. The lowest BCUT2D eigenvalue weighted by Crippen LogP contribution is -1.91. The van der Waals surface area contributed by atoms with Crippen LogP contribution < -0.4 is 0 Å². The van der Waals surface area contributed by atoms with E-state index >= 15 is 0 Å². The molecular weight excluding hydrogens is 601 g/mol. The lowest BCUT2D eigenvalue weighted by Gasteiger charge is -2.18. The SMILES string of the molecule is c1ccc2cc(-c3c4ccccc4c(-c4cc5sc6ccccc6c5c5c4oc4c6ccccc6ccc45)c4ccccc34)ccc2c1. The predicted octanol–water partition coefficient (Wildman–Crippen LogP) is 13.9. The maximum atomic E-state index is 7.14. The lowest BCUT2D eigenvalue weighted by molar-refractivity contribution is 0.674. The summed E-state index contributed by atoms with van der Waals surface area (Å²) in [5, 5.41) is 14.7. The Balaban J connectivity index is 1.34. The zero-order chi connectivity index (χ0) is 31.3. The standard InChI is InChI=1S/C46H26OS/c1-2-13-29-25-30(22-21-27(29)11-1)41-32-15-5-7-17-34(32)42(35-18-8-6-16-33(35)41)38-26-40-43(36-19-9-10-20-39(36)48-40)44-37-24-23-28-12-3-4-14-31(28)45(37)47-46(38)44/h1-26H. The highest BCUT2D eigenvalue weighted by Crippen LogP contribution is 2.51. The molecule has 0 aliphatic rings. The maximum Gasteiger partial charge on any atom is 0.144 e. The van der Waals surface area contributed by atoms with Gasteiger partial charge in [-0.05, 0) is 73.1 Å². The van der Waals surface area contributed by atoms with Crippen LogP contribution in [0.25, 0.3) is 107 Å². The van der Waals surface area contributed by atoms with Gasteiger partial charge in [-0.15, -0.1) is 11.3 Å². The van der Waals surface area contributed by atoms with Crippen LogP contribution in [0.5, 0.6) is 0 Å². The second kappa shape index (κ2) is 9.78. The Labute approximate surface area is 279 Å². The third-order valence-electron chi connectivity index (χ3n) is 10.2. The van der Waals surface area contributed by atoms with Gasteiger partial charge in [0, 0.05) is 47.5 Å². The zero-order valence-electron chi connectivity index (χ0n) is 25.8. The van der Waals surface area contributed by atoms with Gasteiger partial charge in [-0.1, -0.05) is 133 Å². The Kier molecular flexibility index (Phi) is 5.32. The molecule has 0 spiro atoms. The van der Waals surface area contributed by atoms with E-state index in [0.29, 0.717) is 0 Å². The van der Waals surface area contributed by atoms with E-state index < -0.39 is 0 Å². The molecule has 0 amide bonds. The number of hydrogen-bond donors (Lipinski definition) is 0. The van der Waals surface area contributed by atoms with Crippen LogP contribution in [0.4, 0.5) is 0 Å². The molecule has 2 aromatic heterocycles. The van der Waals surface area contributed by atoms with Gasteiger partial charge in [0.2, 0.25) is 0 Å². The first-order valence-corrected chi connectivity index (χ1v) is 17.2. The van der Waals surface area contributed by atoms with E-state index in [1.807, 2.05) is 11.3 Å². The molecule has 11 rings (SSSR count). The molecule has 11 aromatic rings. The smallest absolute Gasteiger partial charge is 0.144 e. The zero-order valence-corrected chi connectivity index (χ0v) is 26.6. The normalized spacial score (nSPS) is 12.2. The molecule has 0 atom stereocenters. The molecule has 0 aliphatic heterocycles. The molecule has 1 nitrogen and oxygen atoms in total. The molecule has 9 aromatic carbocycles. The summed E-state index contributed by atoms with van der Waals surface area (Å²) in [5.74, 6) is 0. The van der Waals surface area contributed by atoms with Gasteiger partial charge < -0.3 is 4.42 Å². The Morgan fingerprint density at radius 1 is 0.354 bits per heavy atom. The summed E-state index contributed by atoms with van der Waals surface area (Å²) >= 11 is 1.87. The van der Waals surface area contributed by atoms with Crippen LogP contribution in [0.1, 0.15) is 0 Å². The molecule has 0 bridgehead atoms. The average Bonchev–Trinajstić information content (AvgIpc) is 3.72. The molecule has 0 fully saturated rings. The van der Waals surface area contributed by atoms with Crippen LogP contribution in [0.3, 0.4) is 0 Å². The summed E-state index contributed by atoms with van der Waals surface area (Å²) < 4.78 is 9.72. The molecule has 222 valence electrons. The van der Waals surface area contributed by atoms with E-state index in [1.54, 1.807) is 0 Å². The van der Waals surface area contributed by atoms with Gasteiger partial charge in [0.15, 0.2) is 0 Å². The quantitative estimate of drug-likeness (QED) is 0.174. The second-order valence-corrected chi connectivity index (χ2v) is 13.9. The first-order chi connectivity index (χ1) is 23.8. The average molecular weight is 627 g/mol. The Hall–Kier alpha value is -5.96. The molecule has 0 unspecified atom stereocenters. The van der Waals surface area contributed by atoms with Crippen LogP contribution in [-0.2, 0) is 0 Å². The van der Waals surface area contributed by atoms with Crippen LogP contribution >= 0.6 is 11.3 Å². The van der Waals surface area contributed by atoms with E-state index in [9.17, 15) is 0 Å². The molecule has 0 aliphatic carbocycles. The Bertz CT molecular complexity index is 3060.